The minimum Gasteiger partial charge on any atom is -0.444 e. The number of hydrogen-bond acceptors (Lipinski definition) is 4. The third-order valence-electron chi connectivity index (χ3n) is 6.39. The lowest BCUT2D eigenvalue weighted by molar-refractivity contribution is 0.0124. The number of halogens is 1. The number of imidazole rings is 1. The second-order valence-electron chi connectivity index (χ2n) is 9.96. The second kappa shape index (κ2) is 7.33. The van der Waals surface area contributed by atoms with Crippen LogP contribution in [0.3, 0.4) is 0 Å². The van der Waals surface area contributed by atoms with Gasteiger partial charge in [0.25, 0.3) is 0 Å². The molecular formula is C24H28FN5O3. The number of amides is 1. The van der Waals surface area contributed by atoms with Crippen molar-refractivity contribution in [2.75, 3.05) is 0 Å². The predicted octanol–water partition coefficient (Wildman–Crippen LogP) is 4.10. The summed E-state index contributed by atoms with van der Waals surface area (Å²) in [6.45, 7) is 8.98. The lowest BCUT2D eigenvalue weighted by Crippen LogP contribution is -2.44. The van der Waals surface area contributed by atoms with Crippen LogP contribution < -0.4 is 5.69 Å². The number of aromatic nitrogens is 4. The molecule has 33 heavy (non-hydrogen) atoms. The molecule has 4 heterocycles. The van der Waals surface area contributed by atoms with Gasteiger partial charge in [0.2, 0.25) is 0 Å². The number of fused-ring (bicyclic) bond motifs is 4. The summed E-state index contributed by atoms with van der Waals surface area (Å²) in [5, 5.41) is 4.88. The summed E-state index contributed by atoms with van der Waals surface area (Å²) >= 11 is 0. The first-order valence-electron chi connectivity index (χ1n) is 11.2. The molecule has 8 nitrogen and oxygen atoms in total. The van der Waals surface area contributed by atoms with Gasteiger partial charge in [0.15, 0.2) is 0 Å². The van der Waals surface area contributed by atoms with Crippen molar-refractivity contribution in [1.82, 2.24) is 24.2 Å². The molecule has 1 aromatic carbocycles. The number of aromatic amines is 1. The Balaban J connectivity index is 1.70. The molecule has 1 fully saturated rings. The molecule has 5 rings (SSSR count). The van der Waals surface area contributed by atoms with Gasteiger partial charge in [0.1, 0.15) is 17.2 Å². The standard InChI is InChI=1S/C24H28FN5O3/c1-13-10-16(11-14(2)20(13)25)30-21(28-9-8-26-22(28)31)19-17(27-30)12-15-6-7-18(19)29(15)23(32)33-24(3,4)5/h8-11,15,18H,6-7,12H2,1-5H3,(H,26,31)/t15-,18+/m1/s1. The van der Waals surface area contributed by atoms with Crippen LogP contribution in [-0.2, 0) is 11.2 Å². The van der Waals surface area contributed by atoms with Crippen LogP contribution in [0.2, 0.25) is 0 Å². The number of hydrogen-bond donors (Lipinski definition) is 1. The maximum Gasteiger partial charge on any atom is 0.411 e. The number of benzene rings is 1. The Bertz CT molecular complexity index is 1290. The third-order valence-corrected chi connectivity index (χ3v) is 6.39. The van der Waals surface area contributed by atoms with E-state index in [4.69, 9.17) is 9.84 Å². The zero-order valence-electron chi connectivity index (χ0n) is 19.5. The summed E-state index contributed by atoms with van der Waals surface area (Å²) < 4.78 is 23.3. The number of aryl methyl sites for hydroxylation is 2. The molecule has 0 saturated carbocycles. The number of carbonyl (C=O) groups is 1. The molecule has 3 aromatic rings. The van der Waals surface area contributed by atoms with E-state index in [9.17, 15) is 14.0 Å². The molecule has 1 amide bonds. The van der Waals surface area contributed by atoms with Crippen LogP contribution in [0.15, 0.2) is 29.3 Å². The van der Waals surface area contributed by atoms with Crippen molar-refractivity contribution in [3.8, 4) is 11.5 Å². The van der Waals surface area contributed by atoms with Gasteiger partial charge in [0, 0.05) is 30.4 Å². The summed E-state index contributed by atoms with van der Waals surface area (Å²) in [4.78, 5) is 30.3. The molecule has 2 bridgehead atoms. The first-order valence-corrected chi connectivity index (χ1v) is 11.2. The maximum atomic E-state index is 14.3. The Hall–Kier alpha value is -3.36. The number of ether oxygens (including phenoxy) is 1. The highest BCUT2D eigenvalue weighted by Crippen LogP contribution is 2.46. The molecule has 0 aliphatic carbocycles. The lowest BCUT2D eigenvalue weighted by atomic mass is 9.99. The van der Waals surface area contributed by atoms with Crippen LogP contribution in [0.4, 0.5) is 9.18 Å². The summed E-state index contributed by atoms with van der Waals surface area (Å²) in [5.74, 6) is 0.312. The molecule has 0 spiro atoms. The molecule has 0 radical (unpaired) electrons. The van der Waals surface area contributed by atoms with Gasteiger partial charge >= 0.3 is 11.8 Å². The van der Waals surface area contributed by atoms with Crippen LogP contribution in [-0.4, -0.2) is 42.0 Å². The van der Waals surface area contributed by atoms with Gasteiger partial charge in [-0.25, -0.2) is 18.7 Å². The number of carbonyl (C=O) groups excluding carboxylic acids is 1. The van der Waals surface area contributed by atoms with E-state index in [2.05, 4.69) is 4.98 Å². The van der Waals surface area contributed by atoms with Crippen LogP contribution >= 0.6 is 0 Å². The van der Waals surface area contributed by atoms with Crippen molar-refractivity contribution < 1.29 is 13.9 Å². The Kier molecular flexibility index (Phi) is 4.77. The predicted molar refractivity (Wildman–Crippen MR) is 120 cm³/mol. The van der Waals surface area contributed by atoms with Crippen LogP contribution in [0, 0.1) is 19.7 Å². The smallest absolute Gasteiger partial charge is 0.411 e. The van der Waals surface area contributed by atoms with Gasteiger partial charge in [-0.15, -0.1) is 0 Å². The molecule has 2 aliphatic rings. The maximum absolute atomic E-state index is 14.3. The molecule has 9 heteroatoms. The van der Waals surface area contributed by atoms with Crippen LogP contribution in [0.5, 0.6) is 0 Å². The highest BCUT2D eigenvalue weighted by molar-refractivity contribution is 5.71. The Morgan fingerprint density at radius 2 is 1.91 bits per heavy atom. The first-order chi connectivity index (χ1) is 15.5. The number of nitrogens with zero attached hydrogens (tertiary/aromatic N) is 4. The summed E-state index contributed by atoms with van der Waals surface area (Å²) in [6, 6.07) is 3.20. The number of nitrogens with one attached hydrogen (secondary N) is 1. The van der Waals surface area contributed by atoms with E-state index in [0.29, 0.717) is 29.1 Å². The van der Waals surface area contributed by atoms with Gasteiger partial charge in [0.05, 0.1) is 17.4 Å². The SMILES string of the molecule is Cc1cc(-n2nc3c(c2-n2cc[nH]c2=O)[C@@H]2CC[C@H](C3)N2C(=O)OC(C)(C)C)cc(C)c1F. The van der Waals surface area contributed by atoms with E-state index >= 15 is 0 Å². The fraction of sp³-hybridized carbons (Fsp3) is 0.458. The lowest BCUT2D eigenvalue weighted by Gasteiger charge is -2.35. The van der Waals surface area contributed by atoms with Crippen LogP contribution in [0.25, 0.3) is 11.5 Å². The largest absolute Gasteiger partial charge is 0.444 e. The van der Waals surface area contributed by atoms with E-state index < -0.39 is 5.60 Å². The van der Waals surface area contributed by atoms with E-state index in [-0.39, 0.29) is 29.7 Å². The zero-order valence-corrected chi connectivity index (χ0v) is 19.5. The van der Waals surface area contributed by atoms with E-state index in [1.807, 2.05) is 25.7 Å². The second-order valence-corrected chi connectivity index (χ2v) is 9.96. The number of rotatable bonds is 2. The van der Waals surface area contributed by atoms with Gasteiger partial charge in [-0.1, -0.05) is 0 Å². The Morgan fingerprint density at radius 1 is 1.21 bits per heavy atom. The third kappa shape index (κ3) is 3.46. The fourth-order valence-corrected chi connectivity index (χ4v) is 5.08. The quantitative estimate of drug-likeness (QED) is 0.633. The molecule has 2 atom stereocenters. The van der Waals surface area contributed by atoms with Crippen molar-refractivity contribution in [2.24, 2.45) is 0 Å². The minimum absolute atomic E-state index is 0.00631. The van der Waals surface area contributed by atoms with E-state index in [0.717, 1.165) is 24.1 Å². The average Bonchev–Trinajstić information content (AvgIpc) is 3.39. The molecule has 1 saturated heterocycles. The monoisotopic (exact) mass is 453 g/mol. The Morgan fingerprint density at radius 3 is 2.52 bits per heavy atom. The topological polar surface area (TPSA) is 85.2 Å². The van der Waals surface area contributed by atoms with Gasteiger partial charge in [-0.3, -0.25) is 9.47 Å². The molecule has 174 valence electrons. The van der Waals surface area contributed by atoms with Crippen molar-refractivity contribution in [2.45, 2.75) is 71.6 Å². The minimum atomic E-state index is -0.607. The van der Waals surface area contributed by atoms with Crippen molar-refractivity contribution in [3.05, 3.63) is 63.2 Å². The molecule has 2 aromatic heterocycles. The normalized spacial score (nSPS) is 19.6. The Labute approximate surface area is 191 Å². The van der Waals surface area contributed by atoms with Crippen molar-refractivity contribution >= 4 is 6.09 Å². The average molecular weight is 454 g/mol. The summed E-state index contributed by atoms with van der Waals surface area (Å²) in [5.41, 5.74) is 2.46. The van der Waals surface area contributed by atoms with E-state index in [1.54, 1.807) is 43.1 Å². The van der Waals surface area contributed by atoms with Crippen molar-refractivity contribution in [3.63, 3.8) is 0 Å². The first kappa shape index (κ1) is 21.5. The summed E-state index contributed by atoms with van der Waals surface area (Å²) in [7, 11) is 0. The van der Waals surface area contributed by atoms with Crippen molar-refractivity contribution in [1.29, 1.82) is 0 Å². The van der Waals surface area contributed by atoms with Gasteiger partial charge in [-0.2, -0.15) is 5.10 Å². The zero-order chi connectivity index (χ0) is 23.7. The highest BCUT2D eigenvalue weighted by Gasteiger charge is 2.47. The summed E-state index contributed by atoms with van der Waals surface area (Å²) in [6.07, 6.45) is 5.04. The van der Waals surface area contributed by atoms with Gasteiger partial charge in [-0.05, 0) is 70.7 Å². The highest BCUT2D eigenvalue weighted by atomic mass is 19.1. The molecular weight excluding hydrogens is 425 g/mol. The molecule has 0 unspecified atom stereocenters. The van der Waals surface area contributed by atoms with Gasteiger partial charge < -0.3 is 9.72 Å². The van der Waals surface area contributed by atoms with Crippen LogP contribution in [0.1, 0.15) is 62.0 Å². The van der Waals surface area contributed by atoms with E-state index in [1.165, 1.54) is 4.57 Å². The fourth-order valence-electron chi connectivity index (χ4n) is 5.08. The number of H-pyrrole nitrogens is 1. The molecule has 2 aliphatic heterocycles. The molecule has 1 N–H and O–H groups in total.